The summed E-state index contributed by atoms with van der Waals surface area (Å²) in [6.45, 7) is 4.47. The fourth-order valence-electron chi connectivity index (χ4n) is 1.11. The average molecular weight is 256 g/mol. The highest BCUT2D eigenvalue weighted by molar-refractivity contribution is 5.80. The van der Waals surface area contributed by atoms with Gasteiger partial charge in [0.2, 0.25) is 11.9 Å². The Kier molecular flexibility index (Phi) is 5.25. The minimum Gasteiger partial charge on any atom is -0.358 e. The van der Waals surface area contributed by atoms with Crippen LogP contribution in [0, 0.1) is 11.7 Å². The van der Waals surface area contributed by atoms with Crippen LogP contribution in [0.15, 0.2) is 6.20 Å². The molecule has 1 aromatic heterocycles. The Labute approximate surface area is 104 Å². The Morgan fingerprint density at radius 3 is 2.89 bits per heavy atom. The summed E-state index contributed by atoms with van der Waals surface area (Å²) >= 11 is 0. The van der Waals surface area contributed by atoms with Crippen LogP contribution in [0.2, 0.25) is 0 Å². The summed E-state index contributed by atoms with van der Waals surface area (Å²) in [6.07, 6.45) is 0.969. The van der Waals surface area contributed by atoms with Gasteiger partial charge in [0.15, 0.2) is 11.6 Å². The van der Waals surface area contributed by atoms with Gasteiger partial charge in [0, 0.05) is 6.54 Å². The van der Waals surface area contributed by atoms with E-state index in [2.05, 4.69) is 26.0 Å². The maximum Gasteiger partial charge on any atom is 0.239 e. The van der Waals surface area contributed by atoms with E-state index < -0.39 is 5.82 Å². The lowest BCUT2D eigenvalue weighted by Gasteiger charge is -2.09. The molecule has 1 aromatic rings. The SMILES string of the molecule is CC(C)CNC(=O)CNc1nc(NN)ncc1F. The molecule has 0 saturated carbocycles. The summed E-state index contributed by atoms with van der Waals surface area (Å²) in [4.78, 5) is 18.7. The van der Waals surface area contributed by atoms with Crippen LogP contribution < -0.4 is 21.9 Å². The van der Waals surface area contributed by atoms with Gasteiger partial charge in [-0.2, -0.15) is 4.98 Å². The third-order valence-electron chi connectivity index (χ3n) is 2.00. The molecule has 1 rings (SSSR count). The molecule has 1 amide bonds. The molecule has 0 aromatic carbocycles. The van der Waals surface area contributed by atoms with Crippen molar-refractivity contribution < 1.29 is 9.18 Å². The van der Waals surface area contributed by atoms with Crippen molar-refractivity contribution in [2.75, 3.05) is 23.8 Å². The van der Waals surface area contributed by atoms with Crippen molar-refractivity contribution in [3.05, 3.63) is 12.0 Å². The third kappa shape index (κ3) is 4.50. The van der Waals surface area contributed by atoms with E-state index in [0.29, 0.717) is 12.5 Å². The molecule has 7 nitrogen and oxygen atoms in total. The van der Waals surface area contributed by atoms with Crippen LogP contribution in [-0.4, -0.2) is 29.0 Å². The van der Waals surface area contributed by atoms with Crippen LogP contribution >= 0.6 is 0 Å². The van der Waals surface area contributed by atoms with Gasteiger partial charge in [-0.15, -0.1) is 0 Å². The number of nitrogens with two attached hydrogens (primary N) is 1. The first-order valence-electron chi connectivity index (χ1n) is 5.52. The van der Waals surface area contributed by atoms with Gasteiger partial charge >= 0.3 is 0 Å². The third-order valence-corrected chi connectivity index (χ3v) is 2.00. The van der Waals surface area contributed by atoms with Crippen molar-refractivity contribution in [2.24, 2.45) is 11.8 Å². The van der Waals surface area contributed by atoms with E-state index in [9.17, 15) is 9.18 Å². The second-order valence-corrected chi connectivity index (χ2v) is 4.09. The second kappa shape index (κ2) is 6.70. The highest BCUT2D eigenvalue weighted by Gasteiger charge is 2.08. The molecule has 0 atom stereocenters. The van der Waals surface area contributed by atoms with Gasteiger partial charge in [0.05, 0.1) is 12.7 Å². The van der Waals surface area contributed by atoms with Crippen molar-refractivity contribution >= 4 is 17.7 Å². The molecule has 5 N–H and O–H groups in total. The van der Waals surface area contributed by atoms with Gasteiger partial charge < -0.3 is 10.6 Å². The van der Waals surface area contributed by atoms with E-state index in [1.807, 2.05) is 13.8 Å². The highest BCUT2D eigenvalue weighted by Crippen LogP contribution is 2.10. The lowest BCUT2D eigenvalue weighted by molar-refractivity contribution is -0.119. The maximum atomic E-state index is 13.3. The number of nitrogens with zero attached hydrogens (tertiary/aromatic N) is 2. The molecule has 0 saturated heterocycles. The summed E-state index contributed by atoms with van der Waals surface area (Å²) < 4.78 is 13.3. The molecule has 0 aliphatic rings. The Balaban J connectivity index is 2.50. The Morgan fingerprint density at radius 1 is 1.56 bits per heavy atom. The molecule has 0 spiro atoms. The molecule has 0 fully saturated rings. The first-order chi connectivity index (χ1) is 8.52. The van der Waals surface area contributed by atoms with Crippen LogP contribution in [0.4, 0.5) is 16.2 Å². The number of hydrogen-bond acceptors (Lipinski definition) is 6. The number of carbonyl (C=O) groups is 1. The van der Waals surface area contributed by atoms with Crippen molar-refractivity contribution in [3.63, 3.8) is 0 Å². The second-order valence-electron chi connectivity index (χ2n) is 4.09. The van der Waals surface area contributed by atoms with E-state index in [-0.39, 0.29) is 24.2 Å². The number of hydrogen-bond donors (Lipinski definition) is 4. The summed E-state index contributed by atoms with van der Waals surface area (Å²) in [5.74, 6) is 4.58. The van der Waals surface area contributed by atoms with Crippen molar-refractivity contribution in [2.45, 2.75) is 13.8 Å². The van der Waals surface area contributed by atoms with Gasteiger partial charge in [-0.1, -0.05) is 13.8 Å². The average Bonchev–Trinajstić information content (AvgIpc) is 2.35. The number of nitrogens with one attached hydrogen (secondary N) is 3. The van der Waals surface area contributed by atoms with Crippen LogP contribution in [0.3, 0.4) is 0 Å². The molecular formula is C10H17FN6O. The van der Waals surface area contributed by atoms with Crippen LogP contribution in [0.25, 0.3) is 0 Å². The fourth-order valence-corrected chi connectivity index (χ4v) is 1.11. The number of carbonyl (C=O) groups excluding carboxylic acids is 1. The van der Waals surface area contributed by atoms with E-state index in [0.717, 1.165) is 6.20 Å². The number of amides is 1. The minimum atomic E-state index is -0.648. The minimum absolute atomic E-state index is 0.0648. The van der Waals surface area contributed by atoms with E-state index in [1.54, 1.807) is 0 Å². The molecule has 1 heterocycles. The van der Waals surface area contributed by atoms with E-state index in [1.165, 1.54) is 0 Å². The molecule has 18 heavy (non-hydrogen) atoms. The number of halogens is 1. The van der Waals surface area contributed by atoms with Gasteiger partial charge in [0.1, 0.15) is 0 Å². The predicted octanol–water partition coefficient (Wildman–Crippen LogP) is 0.0854. The van der Waals surface area contributed by atoms with Crippen molar-refractivity contribution in [1.82, 2.24) is 15.3 Å². The van der Waals surface area contributed by atoms with Crippen LogP contribution in [0.1, 0.15) is 13.8 Å². The largest absolute Gasteiger partial charge is 0.358 e. The Hall–Kier alpha value is -1.96. The Bertz CT molecular complexity index is 411. The zero-order valence-corrected chi connectivity index (χ0v) is 10.3. The summed E-state index contributed by atoms with van der Waals surface area (Å²) in [5, 5.41) is 5.27. The van der Waals surface area contributed by atoms with Gasteiger partial charge in [-0.05, 0) is 5.92 Å². The Morgan fingerprint density at radius 2 is 2.28 bits per heavy atom. The molecular weight excluding hydrogens is 239 g/mol. The molecule has 0 bridgehead atoms. The molecule has 8 heteroatoms. The van der Waals surface area contributed by atoms with Gasteiger partial charge in [-0.25, -0.2) is 15.2 Å². The monoisotopic (exact) mass is 256 g/mol. The van der Waals surface area contributed by atoms with Gasteiger partial charge in [0.25, 0.3) is 0 Å². The molecule has 100 valence electrons. The maximum absolute atomic E-state index is 13.3. The zero-order valence-electron chi connectivity index (χ0n) is 10.3. The van der Waals surface area contributed by atoms with Crippen molar-refractivity contribution in [3.8, 4) is 0 Å². The number of nitrogen functional groups attached to an aromatic ring is 1. The van der Waals surface area contributed by atoms with Crippen molar-refractivity contribution in [1.29, 1.82) is 0 Å². The smallest absolute Gasteiger partial charge is 0.239 e. The summed E-state index contributed by atoms with van der Waals surface area (Å²) in [7, 11) is 0. The van der Waals surface area contributed by atoms with Crippen LogP contribution in [-0.2, 0) is 4.79 Å². The zero-order chi connectivity index (χ0) is 13.5. The van der Waals surface area contributed by atoms with E-state index in [4.69, 9.17) is 5.84 Å². The quantitative estimate of drug-likeness (QED) is 0.424. The molecule has 0 aliphatic carbocycles. The predicted molar refractivity (Wildman–Crippen MR) is 66.1 cm³/mol. The highest BCUT2D eigenvalue weighted by atomic mass is 19.1. The van der Waals surface area contributed by atoms with Crippen LogP contribution in [0.5, 0.6) is 0 Å². The van der Waals surface area contributed by atoms with E-state index >= 15 is 0 Å². The molecule has 0 unspecified atom stereocenters. The first-order valence-corrected chi connectivity index (χ1v) is 5.52. The number of aromatic nitrogens is 2. The molecule has 0 aliphatic heterocycles. The lowest BCUT2D eigenvalue weighted by atomic mass is 10.2. The number of anilines is 2. The normalized spacial score (nSPS) is 10.3. The summed E-state index contributed by atoms with van der Waals surface area (Å²) in [5.41, 5.74) is 2.19. The molecule has 0 radical (unpaired) electrons. The number of rotatable bonds is 6. The first kappa shape index (κ1) is 14.1. The number of hydrazine groups is 1. The van der Waals surface area contributed by atoms with Gasteiger partial charge in [-0.3, -0.25) is 10.2 Å². The standard InChI is InChI=1S/C10H17FN6O/c1-6(2)3-13-8(18)5-14-9-7(11)4-15-10(16-9)17-12/h4,6H,3,5,12H2,1-2H3,(H,13,18)(H2,14,15,16,17). The topological polar surface area (TPSA) is 105 Å². The lowest BCUT2D eigenvalue weighted by Crippen LogP contribution is -2.32. The fraction of sp³-hybridized carbons (Fsp3) is 0.500. The summed E-state index contributed by atoms with van der Waals surface area (Å²) in [6, 6.07) is 0.